The normalized spacial score (nSPS) is 10.2. The predicted molar refractivity (Wildman–Crippen MR) is 72.0 cm³/mol. The lowest BCUT2D eigenvalue weighted by Crippen LogP contribution is -2.01. The van der Waals surface area contributed by atoms with Crippen molar-refractivity contribution in [2.45, 2.75) is 0 Å². The van der Waals surface area contributed by atoms with Gasteiger partial charge in [-0.25, -0.2) is 14.2 Å². The minimum absolute atomic E-state index is 0.117. The molecule has 0 spiro atoms. The fourth-order valence-electron chi connectivity index (χ4n) is 1.45. The van der Waals surface area contributed by atoms with Crippen molar-refractivity contribution in [3.05, 3.63) is 56.4 Å². The Labute approximate surface area is 125 Å². The number of halogens is 2. The van der Waals surface area contributed by atoms with Gasteiger partial charge in [0.25, 0.3) is 5.69 Å². The van der Waals surface area contributed by atoms with E-state index in [1.807, 2.05) is 0 Å². The second-order valence-electron chi connectivity index (χ2n) is 3.79. The largest absolute Gasteiger partial charge is 0.478 e. The van der Waals surface area contributed by atoms with Crippen LogP contribution in [0, 0.1) is 15.9 Å². The van der Waals surface area contributed by atoms with Gasteiger partial charge in [0, 0.05) is 12.1 Å². The highest BCUT2D eigenvalue weighted by Crippen LogP contribution is 2.32. The molecule has 0 radical (unpaired) electrons. The number of carboxylic acid groups (broad SMARTS) is 1. The van der Waals surface area contributed by atoms with Crippen LogP contribution in [0.2, 0.25) is 0 Å². The minimum Gasteiger partial charge on any atom is -0.478 e. The molecule has 2 aromatic rings. The van der Waals surface area contributed by atoms with Crippen LogP contribution in [0.1, 0.15) is 10.4 Å². The number of carboxylic acids is 1. The van der Waals surface area contributed by atoms with Crippen LogP contribution in [-0.4, -0.2) is 21.0 Å². The SMILES string of the molecule is O=C(O)c1ccc(F)cc1Oc1ncc([N+](=O)[O-])cc1Br. The molecule has 7 nitrogen and oxygen atoms in total. The van der Waals surface area contributed by atoms with Crippen molar-refractivity contribution in [1.29, 1.82) is 0 Å². The van der Waals surface area contributed by atoms with Gasteiger partial charge in [0.05, 0.1) is 9.40 Å². The van der Waals surface area contributed by atoms with E-state index in [9.17, 15) is 19.3 Å². The number of pyridine rings is 1. The topological polar surface area (TPSA) is 103 Å². The van der Waals surface area contributed by atoms with Crippen molar-refractivity contribution in [3.8, 4) is 11.6 Å². The first-order chi connectivity index (χ1) is 9.88. The molecule has 9 heteroatoms. The van der Waals surface area contributed by atoms with E-state index in [1.54, 1.807) is 0 Å². The number of aromatic carboxylic acids is 1. The maximum Gasteiger partial charge on any atom is 0.339 e. The van der Waals surface area contributed by atoms with Gasteiger partial charge < -0.3 is 9.84 Å². The van der Waals surface area contributed by atoms with Gasteiger partial charge in [0.1, 0.15) is 23.3 Å². The number of ether oxygens (including phenoxy) is 1. The van der Waals surface area contributed by atoms with E-state index in [1.165, 1.54) is 0 Å². The van der Waals surface area contributed by atoms with E-state index in [2.05, 4.69) is 20.9 Å². The van der Waals surface area contributed by atoms with Gasteiger partial charge in [-0.2, -0.15) is 0 Å². The molecule has 1 heterocycles. The first-order valence-corrected chi connectivity index (χ1v) is 6.18. The van der Waals surface area contributed by atoms with Crippen LogP contribution in [0.3, 0.4) is 0 Å². The smallest absolute Gasteiger partial charge is 0.339 e. The van der Waals surface area contributed by atoms with Crippen LogP contribution in [0.15, 0.2) is 34.9 Å². The van der Waals surface area contributed by atoms with Gasteiger partial charge >= 0.3 is 5.97 Å². The molecule has 0 aliphatic rings. The molecule has 108 valence electrons. The standard InChI is InChI=1S/C12H6BrFN2O5/c13-9-4-7(16(19)20)5-15-11(9)21-10-3-6(14)1-2-8(10)12(17)18/h1-5H,(H,17,18). The highest BCUT2D eigenvalue weighted by atomic mass is 79.9. The van der Waals surface area contributed by atoms with Crippen LogP contribution in [0.4, 0.5) is 10.1 Å². The number of benzene rings is 1. The first kappa shape index (κ1) is 14.9. The van der Waals surface area contributed by atoms with Crippen LogP contribution in [-0.2, 0) is 0 Å². The summed E-state index contributed by atoms with van der Waals surface area (Å²) in [6, 6.07) is 4.06. The van der Waals surface area contributed by atoms with Gasteiger partial charge in [-0.15, -0.1) is 0 Å². The first-order valence-electron chi connectivity index (χ1n) is 5.39. The molecule has 0 saturated heterocycles. The molecule has 21 heavy (non-hydrogen) atoms. The monoisotopic (exact) mass is 356 g/mol. The van der Waals surface area contributed by atoms with Gasteiger partial charge in [0.15, 0.2) is 0 Å². The molecule has 1 aromatic carbocycles. The predicted octanol–water partition coefficient (Wildman–Crippen LogP) is 3.38. The van der Waals surface area contributed by atoms with Gasteiger partial charge in [-0.1, -0.05) is 0 Å². The third kappa shape index (κ3) is 3.31. The molecule has 0 bridgehead atoms. The molecule has 0 fully saturated rings. The van der Waals surface area contributed by atoms with Crippen LogP contribution < -0.4 is 4.74 Å². The number of aromatic nitrogens is 1. The minimum atomic E-state index is -1.30. The number of nitrogens with zero attached hydrogens (tertiary/aromatic N) is 2. The summed E-state index contributed by atoms with van der Waals surface area (Å²) in [6.07, 6.45) is 0.944. The molecule has 1 aromatic heterocycles. The van der Waals surface area contributed by atoms with E-state index in [0.717, 1.165) is 30.5 Å². The second-order valence-corrected chi connectivity index (χ2v) is 4.64. The fourth-order valence-corrected chi connectivity index (χ4v) is 1.87. The molecular formula is C12H6BrFN2O5. The molecule has 0 atom stereocenters. The third-order valence-electron chi connectivity index (χ3n) is 2.38. The molecular weight excluding hydrogens is 351 g/mol. The Hall–Kier alpha value is -2.55. The second kappa shape index (κ2) is 5.83. The fraction of sp³-hybridized carbons (Fsp3) is 0. The molecule has 0 aliphatic carbocycles. The van der Waals surface area contributed by atoms with E-state index in [4.69, 9.17) is 9.84 Å². The maximum atomic E-state index is 13.2. The summed E-state index contributed by atoms with van der Waals surface area (Å²) in [5.41, 5.74) is -0.532. The molecule has 2 rings (SSSR count). The Balaban J connectivity index is 2.40. The van der Waals surface area contributed by atoms with Crippen LogP contribution in [0.5, 0.6) is 11.6 Å². The Morgan fingerprint density at radius 3 is 2.71 bits per heavy atom. The molecule has 1 N–H and O–H groups in total. The van der Waals surface area contributed by atoms with Gasteiger partial charge in [-0.3, -0.25) is 10.1 Å². The summed E-state index contributed by atoms with van der Waals surface area (Å²) >= 11 is 3.02. The van der Waals surface area contributed by atoms with Gasteiger partial charge in [0.2, 0.25) is 5.88 Å². The Morgan fingerprint density at radius 2 is 2.14 bits per heavy atom. The van der Waals surface area contributed by atoms with E-state index in [-0.39, 0.29) is 27.4 Å². The highest BCUT2D eigenvalue weighted by molar-refractivity contribution is 9.10. The lowest BCUT2D eigenvalue weighted by atomic mass is 10.2. The van der Waals surface area contributed by atoms with Crippen molar-refractivity contribution in [1.82, 2.24) is 4.98 Å². The van der Waals surface area contributed by atoms with E-state index in [0.29, 0.717) is 0 Å². The molecule has 0 amide bonds. The van der Waals surface area contributed by atoms with Crippen molar-refractivity contribution < 1.29 is 24.0 Å². The summed E-state index contributed by atoms with van der Waals surface area (Å²) in [5.74, 6) is -2.37. The zero-order chi connectivity index (χ0) is 15.6. The van der Waals surface area contributed by atoms with Crippen molar-refractivity contribution in [2.75, 3.05) is 0 Å². The number of rotatable bonds is 4. The number of hydrogen-bond donors (Lipinski definition) is 1. The quantitative estimate of drug-likeness (QED) is 0.665. The summed E-state index contributed by atoms with van der Waals surface area (Å²) in [6.45, 7) is 0. The highest BCUT2D eigenvalue weighted by Gasteiger charge is 2.17. The molecule has 0 aliphatic heterocycles. The third-order valence-corrected chi connectivity index (χ3v) is 2.95. The van der Waals surface area contributed by atoms with Gasteiger partial charge in [-0.05, 0) is 28.1 Å². The summed E-state index contributed by atoms with van der Waals surface area (Å²) in [7, 11) is 0. The lowest BCUT2D eigenvalue weighted by molar-refractivity contribution is -0.385. The number of carbonyl (C=O) groups is 1. The zero-order valence-corrected chi connectivity index (χ0v) is 11.7. The Kier molecular flexibility index (Phi) is 4.13. The summed E-state index contributed by atoms with van der Waals surface area (Å²) < 4.78 is 18.5. The maximum absolute atomic E-state index is 13.2. The zero-order valence-electron chi connectivity index (χ0n) is 10.1. The van der Waals surface area contributed by atoms with Crippen molar-refractivity contribution in [2.24, 2.45) is 0 Å². The lowest BCUT2D eigenvalue weighted by Gasteiger charge is -2.09. The average molecular weight is 357 g/mol. The number of nitro groups is 1. The molecule has 0 unspecified atom stereocenters. The molecule has 0 saturated carbocycles. The van der Waals surface area contributed by atoms with Crippen LogP contribution >= 0.6 is 15.9 Å². The summed E-state index contributed by atoms with van der Waals surface area (Å²) in [4.78, 5) is 24.7. The average Bonchev–Trinajstić information content (AvgIpc) is 2.40. The van der Waals surface area contributed by atoms with E-state index < -0.39 is 16.7 Å². The summed E-state index contributed by atoms with van der Waals surface area (Å²) in [5, 5.41) is 19.6. The van der Waals surface area contributed by atoms with E-state index >= 15 is 0 Å². The Morgan fingerprint density at radius 1 is 1.43 bits per heavy atom. The Bertz CT molecular complexity index is 738. The number of hydrogen-bond acceptors (Lipinski definition) is 5. The van der Waals surface area contributed by atoms with Crippen molar-refractivity contribution >= 4 is 27.6 Å². The van der Waals surface area contributed by atoms with Crippen LogP contribution in [0.25, 0.3) is 0 Å². The van der Waals surface area contributed by atoms with Crippen molar-refractivity contribution in [3.63, 3.8) is 0 Å².